The van der Waals surface area contributed by atoms with Gasteiger partial charge in [-0.25, -0.2) is 0 Å². The van der Waals surface area contributed by atoms with E-state index in [9.17, 15) is 8.42 Å². The van der Waals surface area contributed by atoms with E-state index in [1.165, 1.54) is 12.1 Å². The molecule has 112 valence electrons. The van der Waals surface area contributed by atoms with E-state index in [4.69, 9.17) is 8.71 Å². The molecule has 0 N–H and O–H groups in total. The third-order valence-corrected chi connectivity index (χ3v) is 4.64. The van der Waals surface area contributed by atoms with Crippen molar-refractivity contribution in [2.24, 2.45) is 0 Å². The first-order valence-corrected chi connectivity index (χ1v) is 8.27. The molecule has 2 aromatic carbocycles. The standard InChI is InChI=1S/C15H17O4PS/c1-12-7-9-14(10-8-12)21(16,17)18-11-15(19-20)13-5-3-2-4-6-13/h2-10,15H,11,20H2,1H3. The van der Waals surface area contributed by atoms with Gasteiger partial charge < -0.3 is 4.52 Å². The smallest absolute Gasteiger partial charge is 0.297 e. The quantitative estimate of drug-likeness (QED) is 0.604. The van der Waals surface area contributed by atoms with E-state index < -0.39 is 16.2 Å². The van der Waals surface area contributed by atoms with Crippen LogP contribution in [0.15, 0.2) is 59.5 Å². The summed E-state index contributed by atoms with van der Waals surface area (Å²) in [6.07, 6.45) is -0.462. The maximum atomic E-state index is 12.1. The average Bonchev–Trinajstić information content (AvgIpc) is 2.49. The lowest BCUT2D eigenvalue weighted by Gasteiger charge is -2.15. The van der Waals surface area contributed by atoms with Crippen LogP contribution in [0.3, 0.4) is 0 Å². The zero-order chi connectivity index (χ0) is 15.3. The molecule has 0 aliphatic carbocycles. The van der Waals surface area contributed by atoms with Crippen molar-refractivity contribution in [1.29, 1.82) is 0 Å². The molecule has 0 bridgehead atoms. The minimum absolute atomic E-state index is 0.0796. The van der Waals surface area contributed by atoms with E-state index in [0.717, 1.165) is 11.1 Å². The number of hydrogen-bond donors (Lipinski definition) is 0. The largest absolute Gasteiger partial charge is 0.355 e. The summed E-state index contributed by atoms with van der Waals surface area (Å²) in [5.74, 6) is 0. The first-order chi connectivity index (χ1) is 10.0. The number of aryl methyl sites for hydroxylation is 1. The normalized spacial score (nSPS) is 13.0. The van der Waals surface area contributed by atoms with Crippen LogP contribution in [0.2, 0.25) is 0 Å². The van der Waals surface area contributed by atoms with E-state index >= 15 is 0 Å². The third-order valence-electron chi connectivity index (χ3n) is 3.02. The number of benzene rings is 2. The average molecular weight is 324 g/mol. The molecule has 0 aliphatic rings. The summed E-state index contributed by atoms with van der Waals surface area (Å²) < 4.78 is 34.5. The second kappa shape index (κ2) is 7.14. The highest BCUT2D eigenvalue weighted by atomic mass is 32.2. The van der Waals surface area contributed by atoms with E-state index in [0.29, 0.717) is 0 Å². The van der Waals surface area contributed by atoms with Crippen LogP contribution in [0.5, 0.6) is 0 Å². The van der Waals surface area contributed by atoms with Crippen molar-refractivity contribution in [3.8, 4) is 0 Å². The van der Waals surface area contributed by atoms with Crippen LogP contribution in [-0.2, 0) is 18.8 Å². The van der Waals surface area contributed by atoms with Gasteiger partial charge in [-0.3, -0.25) is 4.18 Å². The molecular formula is C15H17O4PS. The van der Waals surface area contributed by atoms with Gasteiger partial charge in [0.05, 0.1) is 11.5 Å². The molecule has 0 spiro atoms. The SMILES string of the molecule is Cc1ccc(S(=O)(=O)OCC(OP)c2ccccc2)cc1. The lowest BCUT2D eigenvalue weighted by atomic mass is 10.1. The molecule has 21 heavy (non-hydrogen) atoms. The van der Waals surface area contributed by atoms with Gasteiger partial charge in [0.15, 0.2) is 0 Å². The van der Waals surface area contributed by atoms with Gasteiger partial charge >= 0.3 is 0 Å². The summed E-state index contributed by atoms with van der Waals surface area (Å²) in [5, 5.41) is 0. The molecule has 2 unspecified atom stereocenters. The molecule has 2 rings (SSSR count). The maximum Gasteiger partial charge on any atom is 0.297 e. The van der Waals surface area contributed by atoms with Crippen molar-refractivity contribution < 1.29 is 17.1 Å². The van der Waals surface area contributed by atoms with Crippen LogP contribution in [0.25, 0.3) is 0 Å². The number of hydrogen-bond acceptors (Lipinski definition) is 4. The predicted octanol–water partition coefficient (Wildman–Crippen LogP) is 3.25. The highest BCUT2D eigenvalue weighted by molar-refractivity contribution is 7.86. The first kappa shape index (κ1) is 16.1. The summed E-state index contributed by atoms with van der Waals surface area (Å²) in [5.41, 5.74) is 1.84. The molecule has 0 saturated carbocycles. The van der Waals surface area contributed by atoms with Crippen LogP contribution in [0.4, 0.5) is 0 Å². The summed E-state index contributed by atoms with van der Waals surface area (Å²) in [6.45, 7) is 1.81. The van der Waals surface area contributed by atoms with Crippen molar-refractivity contribution in [2.45, 2.75) is 17.9 Å². The minimum atomic E-state index is -3.78. The molecule has 0 heterocycles. The molecule has 0 saturated heterocycles. The van der Waals surface area contributed by atoms with E-state index in [2.05, 4.69) is 9.47 Å². The zero-order valence-corrected chi connectivity index (χ0v) is 13.6. The van der Waals surface area contributed by atoms with Crippen molar-refractivity contribution in [1.82, 2.24) is 0 Å². The Labute approximate surface area is 127 Å². The van der Waals surface area contributed by atoms with Crippen molar-refractivity contribution in [3.05, 3.63) is 65.7 Å². The lowest BCUT2D eigenvalue weighted by Crippen LogP contribution is -2.14. The molecule has 0 radical (unpaired) electrons. The molecule has 0 amide bonds. The van der Waals surface area contributed by atoms with Gasteiger partial charge in [-0.05, 0) is 24.6 Å². The van der Waals surface area contributed by atoms with Gasteiger partial charge in [-0.1, -0.05) is 48.0 Å². The Kier molecular flexibility index (Phi) is 5.48. The Hall–Kier alpha value is -1.26. The summed E-state index contributed by atoms with van der Waals surface area (Å²) in [7, 11) is -1.64. The second-order valence-corrected chi connectivity index (χ2v) is 6.47. The Morgan fingerprint density at radius 2 is 1.67 bits per heavy atom. The molecular weight excluding hydrogens is 307 g/mol. The fourth-order valence-corrected chi connectivity index (χ4v) is 2.95. The number of rotatable bonds is 6. The van der Waals surface area contributed by atoms with Crippen molar-refractivity contribution in [2.75, 3.05) is 6.61 Å². The fraction of sp³-hybridized carbons (Fsp3) is 0.200. The summed E-state index contributed by atoms with van der Waals surface area (Å²) in [6, 6.07) is 15.9. The molecule has 2 aromatic rings. The molecule has 4 nitrogen and oxygen atoms in total. The van der Waals surface area contributed by atoms with Gasteiger partial charge in [0, 0.05) is 9.47 Å². The second-order valence-electron chi connectivity index (χ2n) is 4.59. The maximum absolute atomic E-state index is 12.1. The van der Waals surface area contributed by atoms with Crippen LogP contribution >= 0.6 is 9.47 Å². The first-order valence-electron chi connectivity index (χ1n) is 6.39. The molecule has 6 heteroatoms. The summed E-state index contributed by atoms with van der Waals surface area (Å²) >= 11 is 0. The molecule has 2 atom stereocenters. The third kappa shape index (κ3) is 4.35. The van der Waals surface area contributed by atoms with Gasteiger partial charge in [-0.2, -0.15) is 8.42 Å². The van der Waals surface area contributed by atoms with Gasteiger partial charge in [0.25, 0.3) is 10.1 Å². The van der Waals surface area contributed by atoms with Crippen molar-refractivity contribution >= 4 is 19.6 Å². The predicted molar refractivity (Wildman–Crippen MR) is 84.3 cm³/mol. The Bertz CT molecular complexity index is 669. The minimum Gasteiger partial charge on any atom is -0.355 e. The van der Waals surface area contributed by atoms with Crippen LogP contribution < -0.4 is 0 Å². The van der Waals surface area contributed by atoms with Crippen molar-refractivity contribution in [3.63, 3.8) is 0 Å². The molecule has 0 aliphatic heterocycles. The van der Waals surface area contributed by atoms with E-state index in [1.54, 1.807) is 12.1 Å². The van der Waals surface area contributed by atoms with E-state index in [-0.39, 0.29) is 11.5 Å². The summed E-state index contributed by atoms with van der Waals surface area (Å²) in [4.78, 5) is 0.142. The van der Waals surface area contributed by atoms with Gasteiger partial charge in [0.1, 0.15) is 6.10 Å². The monoisotopic (exact) mass is 324 g/mol. The zero-order valence-electron chi connectivity index (χ0n) is 11.6. The topological polar surface area (TPSA) is 52.6 Å². The van der Waals surface area contributed by atoms with Gasteiger partial charge in [-0.15, -0.1) is 0 Å². The highest BCUT2D eigenvalue weighted by Gasteiger charge is 2.19. The van der Waals surface area contributed by atoms with Crippen LogP contribution in [0, 0.1) is 6.92 Å². The Morgan fingerprint density at radius 1 is 1.05 bits per heavy atom. The molecule has 0 aromatic heterocycles. The Balaban J connectivity index is 2.08. The lowest BCUT2D eigenvalue weighted by molar-refractivity contribution is 0.155. The molecule has 0 fully saturated rings. The van der Waals surface area contributed by atoms with Crippen LogP contribution in [-0.4, -0.2) is 15.0 Å². The van der Waals surface area contributed by atoms with E-state index in [1.807, 2.05) is 37.3 Å². The van der Waals surface area contributed by atoms with Gasteiger partial charge in [0.2, 0.25) is 0 Å². The Morgan fingerprint density at radius 3 is 2.24 bits per heavy atom. The fourth-order valence-electron chi connectivity index (χ4n) is 1.81. The highest BCUT2D eigenvalue weighted by Crippen LogP contribution is 2.22. The van der Waals surface area contributed by atoms with Crippen LogP contribution in [0.1, 0.15) is 17.2 Å².